The van der Waals surface area contributed by atoms with Crippen LogP contribution in [0.4, 0.5) is 14.5 Å². The number of nitrogens with one attached hydrogen (secondary N) is 1. The van der Waals surface area contributed by atoms with Gasteiger partial charge < -0.3 is 14.5 Å². The Balaban J connectivity index is 1.56. The van der Waals surface area contributed by atoms with Gasteiger partial charge in [0.05, 0.1) is 21.4 Å². The number of carbonyl (C=O) groups is 1. The Bertz CT molecular complexity index is 988. The first-order valence-corrected chi connectivity index (χ1v) is 9.42. The molecule has 1 amide bonds. The molecule has 0 aliphatic heterocycles. The maximum Gasteiger partial charge on any atom is 0.387 e. The number of rotatable bonds is 7. The average molecular weight is 446 g/mol. The van der Waals surface area contributed by atoms with E-state index in [1.54, 1.807) is 24.3 Å². The molecule has 0 atom stereocenters. The highest BCUT2D eigenvalue weighted by Gasteiger charge is 2.14. The lowest BCUT2D eigenvalue weighted by atomic mass is 10.2. The summed E-state index contributed by atoms with van der Waals surface area (Å²) in [4.78, 5) is 12.1. The molecule has 3 aromatic rings. The zero-order chi connectivity index (χ0) is 20.1. The number of aromatic nitrogens is 2. The van der Waals surface area contributed by atoms with Crippen LogP contribution in [-0.2, 0) is 4.79 Å². The molecule has 0 fully saturated rings. The summed E-state index contributed by atoms with van der Waals surface area (Å²) >= 11 is 13.0. The van der Waals surface area contributed by atoms with Gasteiger partial charge in [0.15, 0.2) is 0 Å². The fourth-order valence-electron chi connectivity index (χ4n) is 2.11. The Morgan fingerprint density at radius 2 is 1.96 bits per heavy atom. The predicted octanol–water partition coefficient (Wildman–Crippen LogP) is 5.38. The van der Waals surface area contributed by atoms with Crippen molar-refractivity contribution in [3.8, 4) is 17.2 Å². The Morgan fingerprint density at radius 3 is 2.68 bits per heavy atom. The molecule has 0 saturated carbocycles. The summed E-state index contributed by atoms with van der Waals surface area (Å²) in [5.74, 6) is -0.324. The molecular formula is C17H11Cl2F2N3O3S. The highest BCUT2D eigenvalue weighted by atomic mass is 35.5. The van der Waals surface area contributed by atoms with E-state index in [4.69, 9.17) is 27.6 Å². The Morgan fingerprint density at radius 1 is 1.18 bits per heavy atom. The molecule has 2 aromatic carbocycles. The molecule has 3 rings (SSSR count). The molecule has 0 unspecified atom stereocenters. The molecule has 0 aliphatic carbocycles. The number of hydrogen-bond donors (Lipinski definition) is 1. The molecule has 28 heavy (non-hydrogen) atoms. The van der Waals surface area contributed by atoms with Crippen molar-refractivity contribution in [3.05, 3.63) is 52.5 Å². The van der Waals surface area contributed by atoms with E-state index in [-0.39, 0.29) is 33.5 Å². The van der Waals surface area contributed by atoms with E-state index in [1.165, 1.54) is 18.2 Å². The van der Waals surface area contributed by atoms with Crippen molar-refractivity contribution >= 4 is 46.6 Å². The van der Waals surface area contributed by atoms with Crippen molar-refractivity contribution in [3.63, 3.8) is 0 Å². The maximum absolute atomic E-state index is 12.2. The molecule has 1 aromatic heterocycles. The molecule has 0 aliphatic rings. The van der Waals surface area contributed by atoms with Gasteiger partial charge >= 0.3 is 6.61 Å². The quantitative estimate of drug-likeness (QED) is 0.492. The fourth-order valence-corrected chi connectivity index (χ4v) is 3.11. The lowest BCUT2D eigenvalue weighted by Gasteiger charge is -2.09. The first kappa shape index (κ1) is 20.4. The van der Waals surface area contributed by atoms with Crippen molar-refractivity contribution in [2.45, 2.75) is 11.8 Å². The first-order valence-electron chi connectivity index (χ1n) is 7.68. The van der Waals surface area contributed by atoms with Crippen LogP contribution >= 0.6 is 35.0 Å². The average Bonchev–Trinajstić information content (AvgIpc) is 3.11. The predicted molar refractivity (Wildman–Crippen MR) is 102 cm³/mol. The standard InChI is InChI=1S/C17H11Cl2F2N3O3S/c18-11-4-2-1-3-10(11)15-23-24-17(27-15)28-8-14(25)22-9-5-6-13(12(19)7-9)26-16(20)21/h1-7,16H,8H2,(H,22,25). The van der Waals surface area contributed by atoms with E-state index in [9.17, 15) is 13.6 Å². The number of amides is 1. The van der Waals surface area contributed by atoms with Gasteiger partial charge in [-0.25, -0.2) is 0 Å². The second kappa shape index (κ2) is 9.22. The van der Waals surface area contributed by atoms with Crippen molar-refractivity contribution in [1.82, 2.24) is 10.2 Å². The molecule has 0 bridgehead atoms. The zero-order valence-electron chi connectivity index (χ0n) is 13.9. The Hall–Kier alpha value is -2.36. The number of thioether (sulfide) groups is 1. The summed E-state index contributed by atoms with van der Waals surface area (Å²) in [6.45, 7) is -2.99. The summed E-state index contributed by atoms with van der Waals surface area (Å²) in [5, 5.41) is 11.0. The molecule has 11 heteroatoms. The van der Waals surface area contributed by atoms with Crippen LogP contribution in [-0.4, -0.2) is 28.5 Å². The first-order chi connectivity index (χ1) is 13.4. The van der Waals surface area contributed by atoms with E-state index in [0.29, 0.717) is 16.3 Å². The summed E-state index contributed by atoms with van der Waals surface area (Å²) in [6.07, 6.45) is 0. The molecule has 1 heterocycles. The number of benzene rings is 2. The van der Waals surface area contributed by atoms with Gasteiger partial charge in [-0.3, -0.25) is 4.79 Å². The Labute approximate surface area is 172 Å². The van der Waals surface area contributed by atoms with E-state index in [2.05, 4.69) is 20.3 Å². The lowest BCUT2D eigenvalue weighted by molar-refractivity contribution is -0.113. The number of nitrogens with zero attached hydrogens (tertiary/aromatic N) is 2. The van der Waals surface area contributed by atoms with Crippen LogP contribution in [0.2, 0.25) is 10.0 Å². The highest BCUT2D eigenvalue weighted by molar-refractivity contribution is 7.99. The van der Waals surface area contributed by atoms with E-state index in [1.807, 2.05) is 0 Å². The van der Waals surface area contributed by atoms with Crippen LogP contribution < -0.4 is 10.1 Å². The minimum Gasteiger partial charge on any atom is -0.433 e. The number of alkyl halides is 2. The van der Waals surface area contributed by atoms with E-state index >= 15 is 0 Å². The minimum atomic E-state index is -2.99. The molecule has 6 nitrogen and oxygen atoms in total. The van der Waals surface area contributed by atoms with Gasteiger partial charge in [0.2, 0.25) is 11.8 Å². The number of halogens is 4. The van der Waals surface area contributed by atoms with Crippen LogP contribution in [0.3, 0.4) is 0 Å². The molecule has 1 N–H and O–H groups in total. The SMILES string of the molecule is O=C(CSc1nnc(-c2ccccc2Cl)o1)Nc1ccc(OC(F)F)c(Cl)c1. The van der Waals surface area contributed by atoms with Gasteiger partial charge in [0, 0.05) is 5.69 Å². The topological polar surface area (TPSA) is 77.2 Å². The number of hydrogen-bond acceptors (Lipinski definition) is 6. The number of ether oxygens (including phenoxy) is 1. The fraction of sp³-hybridized carbons (Fsp3) is 0.118. The lowest BCUT2D eigenvalue weighted by Crippen LogP contribution is -2.14. The van der Waals surface area contributed by atoms with Gasteiger partial charge in [-0.05, 0) is 30.3 Å². The smallest absolute Gasteiger partial charge is 0.387 e. The number of anilines is 1. The van der Waals surface area contributed by atoms with Crippen LogP contribution in [0.15, 0.2) is 52.1 Å². The maximum atomic E-state index is 12.2. The van der Waals surface area contributed by atoms with Crippen LogP contribution in [0.25, 0.3) is 11.5 Å². The van der Waals surface area contributed by atoms with Crippen molar-refractivity contribution in [2.75, 3.05) is 11.1 Å². The van der Waals surface area contributed by atoms with Crippen molar-refractivity contribution in [2.24, 2.45) is 0 Å². The van der Waals surface area contributed by atoms with Crippen LogP contribution in [0, 0.1) is 0 Å². The molecule has 0 saturated heterocycles. The highest BCUT2D eigenvalue weighted by Crippen LogP contribution is 2.30. The summed E-state index contributed by atoms with van der Waals surface area (Å²) in [6, 6.07) is 10.9. The summed E-state index contributed by atoms with van der Waals surface area (Å²) in [7, 11) is 0. The van der Waals surface area contributed by atoms with Gasteiger partial charge in [-0.2, -0.15) is 8.78 Å². The molecule has 0 radical (unpaired) electrons. The van der Waals surface area contributed by atoms with E-state index in [0.717, 1.165) is 11.8 Å². The van der Waals surface area contributed by atoms with Gasteiger partial charge in [-0.15, -0.1) is 10.2 Å². The normalized spacial score (nSPS) is 10.9. The molecular weight excluding hydrogens is 435 g/mol. The second-order valence-corrected chi connectivity index (χ2v) is 6.95. The monoisotopic (exact) mass is 445 g/mol. The third-order valence-electron chi connectivity index (χ3n) is 3.27. The minimum absolute atomic E-state index is 0.0168. The van der Waals surface area contributed by atoms with Gasteiger partial charge in [0.1, 0.15) is 5.75 Å². The summed E-state index contributed by atoms with van der Waals surface area (Å²) in [5.41, 5.74) is 0.924. The van der Waals surface area contributed by atoms with Crippen LogP contribution in [0.5, 0.6) is 5.75 Å². The van der Waals surface area contributed by atoms with Crippen molar-refractivity contribution in [1.29, 1.82) is 0 Å². The molecule has 146 valence electrons. The third kappa shape index (κ3) is 5.34. The van der Waals surface area contributed by atoms with Crippen molar-refractivity contribution < 1.29 is 22.7 Å². The second-order valence-electron chi connectivity index (χ2n) is 5.21. The largest absolute Gasteiger partial charge is 0.433 e. The number of carbonyl (C=O) groups excluding carboxylic acids is 1. The summed E-state index contributed by atoms with van der Waals surface area (Å²) < 4.78 is 34.2. The Kier molecular flexibility index (Phi) is 6.71. The zero-order valence-corrected chi connectivity index (χ0v) is 16.2. The third-order valence-corrected chi connectivity index (χ3v) is 4.71. The molecule has 0 spiro atoms. The van der Waals surface area contributed by atoms with Gasteiger partial charge in [-0.1, -0.05) is 47.1 Å². The van der Waals surface area contributed by atoms with E-state index < -0.39 is 6.61 Å². The van der Waals surface area contributed by atoms with Crippen LogP contribution in [0.1, 0.15) is 0 Å². The van der Waals surface area contributed by atoms with Gasteiger partial charge in [0.25, 0.3) is 5.22 Å².